The van der Waals surface area contributed by atoms with E-state index in [9.17, 15) is 9.59 Å². The number of nitrogens with one attached hydrogen (secondary N) is 1. The zero-order valence-corrected chi connectivity index (χ0v) is 13.4. The van der Waals surface area contributed by atoms with Gasteiger partial charge >= 0.3 is 5.69 Å². The molecule has 0 saturated carbocycles. The Hall–Kier alpha value is -2.67. The fourth-order valence-corrected chi connectivity index (χ4v) is 2.59. The molecule has 0 aliphatic carbocycles. The number of carbonyl (C=O) groups is 1. The summed E-state index contributed by atoms with van der Waals surface area (Å²) in [6.45, 7) is 3.96. The Labute approximate surface area is 139 Å². The molecule has 1 saturated heterocycles. The first-order valence-corrected chi connectivity index (χ1v) is 7.96. The van der Waals surface area contributed by atoms with E-state index in [1.807, 2.05) is 24.3 Å². The summed E-state index contributed by atoms with van der Waals surface area (Å²) < 4.78 is 6.80. The molecule has 126 valence electrons. The van der Waals surface area contributed by atoms with Crippen molar-refractivity contribution >= 4 is 11.6 Å². The Balaban J connectivity index is 1.53. The molecule has 1 aliphatic rings. The highest BCUT2D eigenvalue weighted by Gasteiger charge is 2.12. The van der Waals surface area contributed by atoms with Crippen LogP contribution >= 0.6 is 0 Å². The summed E-state index contributed by atoms with van der Waals surface area (Å²) in [5, 5.41) is 2.81. The lowest BCUT2D eigenvalue weighted by atomic mass is 10.1. The Kier molecular flexibility index (Phi) is 5.22. The van der Waals surface area contributed by atoms with Crippen LogP contribution in [0.4, 0.5) is 5.69 Å². The molecular formula is C17H20N4O3. The van der Waals surface area contributed by atoms with Crippen molar-refractivity contribution in [1.82, 2.24) is 14.9 Å². The minimum absolute atomic E-state index is 0.152. The molecule has 0 radical (unpaired) electrons. The third-order valence-corrected chi connectivity index (χ3v) is 3.93. The molecule has 1 amide bonds. The predicted molar refractivity (Wildman–Crippen MR) is 90.3 cm³/mol. The van der Waals surface area contributed by atoms with E-state index in [2.05, 4.69) is 15.2 Å². The highest BCUT2D eigenvalue weighted by molar-refractivity contribution is 5.94. The van der Waals surface area contributed by atoms with Crippen LogP contribution in [0, 0.1) is 0 Å². The maximum atomic E-state index is 12.2. The van der Waals surface area contributed by atoms with Gasteiger partial charge in [0.2, 0.25) is 0 Å². The lowest BCUT2D eigenvalue weighted by Gasteiger charge is -2.28. The van der Waals surface area contributed by atoms with Gasteiger partial charge in [0, 0.05) is 49.8 Å². The van der Waals surface area contributed by atoms with E-state index >= 15 is 0 Å². The molecule has 1 N–H and O–H groups in total. The third kappa shape index (κ3) is 3.99. The van der Waals surface area contributed by atoms with E-state index in [1.54, 1.807) is 12.3 Å². The van der Waals surface area contributed by atoms with E-state index in [-0.39, 0.29) is 11.6 Å². The van der Waals surface area contributed by atoms with Crippen LogP contribution in [0.25, 0.3) is 0 Å². The van der Waals surface area contributed by atoms with Gasteiger partial charge in [0.15, 0.2) is 0 Å². The second-order valence-corrected chi connectivity index (χ2v) is 5.50. The number of rotatable bonds is 5. The minimum atomic E-state index is -0.318. The first kappa shape index (κ1) is 16.2. The third-order valence-electron chi connectivity index (χ3n) is 3.93. The van der Waals surface area contributed by atoms with Gasteiger partial charge in [-0.3, -0.25) is 9.36 Å². The van der Waals surface area contributed by atoms with Crippen LogP contribution in [0.15, 0.2) is 47.5 Å². The minimum Gasteiger partial charge on any atom is -0.378 e. The van der Waals surface area contributed by atoms with Crippen LogP contribution in [0.2, 0.25) is 0 Å². The molecule has 2 aromatic rings. The van der Waals surface area contributed by atoms with Gasteiger partial charge < -0.3 is 15.0 Å². The van der Waals surface area contributed by atoms with Crippen molar-refractivity contribution in [3.8, 4) is 0 Å². The maximum Gasteiger partial charge on any atom is 0.347 e. The van der Waals surface area contributed by atoms with Crippen LogP contribution in [0.5, 0.6) is 0 Å². The first-order chi connectivity index (χ1) is 11.7. The molecule has 0 bridgehead atoms. The standard InChI is InChI=1S/C17H20N4O3/c22-16(18-7-9-21-8-1-6-19-17(21)23)14-2-4-15(5-3-14)20-10-12-24-13-11-20/h1-6,8H,7,9-13H2,(H,18,22). The fourth-order valence-electron chi connectivity index (χ4n) is 2.59. The van der Waals surface area contributed by atoms with Crippen molar-refractivity contribution in [2.24, 2.45) is 0 Å². The molecule has 7 nitrogen and oxygen atoms in total. The molecule has 1 aliphatic heterocycles. The molecule has 0 atom stereocenters. The van der Waals surface area contributed by atoms with Crippen molar-refractivity contribution in [2.75, 3.05) is 37.7 Å². The van der Waals surface area contributed by atoms with E-state index in [0.29, 0.717) is 18.7 Å². The van der Waals surface area contributed by atoms with Crippen LogP contribution < -0.4 is 15.9 Å². The van der Waals surface area contributed by atoms with Crippen LogP contribution in [-0.4, -0.2) is 48.3 Å². The Morgan fingerprint density at radius 1 is 1.21 bits per heavy atom. The predicted octanol–water partition coefficient (Wildman–Crippen LogP) is 0.510. The Morgan fingerprint density at radius 2 is 1.96 bits per heavy atom. The van der Waals surface area contributed by atoms with Gasteiger partial charge in [-0.1, -0.05) is 0 Å². The summed E-state index contributed by atoms with van der Waals surface area (Å²) in [5.41, 5.74) is 1.38. The highest BCUT2D eigenvalue weighted by Crippen LogP contribution is 2.16. The summed E-state index contributed by atoms with van der Waals surface area (Å²) in [6, 6.07) is 9.22. The van der Waals surface area contributed by atoms with Crippen molar-refractivity contribution in [2.45, 2.75) is 6.54 Å². The van der Waals surface area contributed by atoms with Gasteiger partial charge in [-0.15, -0.1) is 0 Å². The van der Waals surface area contributed by atoms with Crippen LogP contribution in [0.1, 0.15) is 10.4 Å². The normalized spacial score (nSPS) is 14.4. The number of hydrogen-bond acceptors (Lipinski definition) is 5. The lowest BCUT2D eigenvalue weighted by Crippen LogP contribution is -2.36. The molecule has 1 fully saturated rings. The number of carbonyl (C=O) groups excluding carboxylic acids is 1. The van der Waals surface area contributed by atoms with Gasteiger partial charge in [0.25, 0.3) is 5.91 Å². The van der Waals surface area contributed by atoms with Crippen LogP contribution in [0.3, 0.4) is 0 Å². The Bertz CT molecular complexity index is 736. The molecule has 7 heteroatoms. The summed E-state index contributed by atoms with van der Waals surface area (Å²) in [5.74, 6) is -0.152. The van der Waals surface area contributed by atoms with Gasteiger partial charge in [-0.2, -0.15) is 0 Å². The second-order valence-electron chi connectivity index (χ2n) is 5.50. The lowest BCUT2D eigenvalue weighted by molar-refractivity contribution is 0.0952. The monoisotopic (exact) mass is 328 g/mol. The van der Waals surface area contributed by atoms with Gasteiger partial charge in [-0.05, 0) is 30.3 Å². The summed E-state index contributed by atoms with van der Waals surface area (Å²) in [4.78, 5) is 29.5. The topological polar surface area (TPSA) is 76.5 Å². The SMILES string of the molecule is O=C(NCCn1cccnc1=O)c1ccc(N2CCOCC2)cc1. The molecule has 2 heterocycles. The molecule has 0 spiro atoms. The smallest absolute Gasteiger partial charge is 0.347 e. The number of ether oxygens (including phenoxy) is 1. The van der Waals surface area contributed by atoms with Crippen molar-refractivity contribution in [1.29, 1.82) is 0 Å². The number of benzene rings is 1. The fraction of sp³-hybridized carbons (Fsp3) is 0.353. The first-order valence-electron chi connectivity index (χ1n) is 7.96. The van der Waals surface area contributed by atoms with Crippen molar-refractivity contribution in [3.63, 3.8) is 0 Å². The molecule has 1 aromatic carbocycles. The van der Waals surface area contributed by atoms with E-state index in [0.717, 1.165) is 32.0 Å². The molecular weight excluding hydrogens is 308 g/mol. The van der Waals surface area contributed by atoms with Gasteiger partial charge in [-0.25, -0.2) is 9.78 Å². The summed E-state index contributed by atoms with van der Waals surface area (Å²) >= 11 is 0. The Morgan fingerprint density at radius 3 is 2.67 bits per heavy atom. The number of hydrogen-bond donors (Lipinski definition) is 1. The largest absolute Gasteiger partial charge is 0.378 e. The zero-order valence-electron chi connectivity index (χ0n) is 13.4. The summed E-state index contributed by atoms with van der Waals surface area (Å²) in [6.07, 6.45) is 3.10. The quantitative estimate of drug-likeness (QED) is 0.865. The van der Waals surface area contributed by atoms with E-state index in [1.165, 1.54) is 10.8 Å². The molecule has 3 rings (SSSR count). The van der Waals surface area contributed by atoms with Crippen LogP contribution in [-0.2, 0) is 11.3 Å². The van der Waals surface area contributed by atoms with E-state index in [4.69, 9.17) is 4.74 Å². The zero-order chi connectivity index (χ0) is 16.8. The summed E-state index contributed by atoms with van der Waals surface area (Å²) in [7, 11) is 0. The number of morpholine rings is 1. The number of anilines is 1. The van der Waals surface area contributed by atoms with Crippen molar-refractivity contribution in [3.05, 3.63) is 58.8 Å². The number of nitrogens with zero attached hydrogens (tertiary/aromatic N) is 3. The number of aromatic nitrogens is 2. The molecule has 0 unspecified atom stereocenters. The van der Waals surface area contributed by atoms with Gasteiger partial charge in [0.05, 0.1) is 13.2 Å². The average Bonchev–Trinajstić information content (AvgIpc) is 2.64. The second kappa shape index (κ2) is 7.74. The number of amides is 1. The highest BCUT2D eigenvalue weighted by atomic mass is 16.5. The van der Waals surface area contributed by atoms with Crippen molar-refractivity contribution < 1.29 is 9.53 Å². The molecule has 1 aromatic heterocycles. The van der Waals surface area contributed by atoms with E-state index < -0.39 is 0 Å². The maximum absolute atomic E-state index is 12.2. The van der Waals surface area contributed by atoms with Gasteiger partial charge in [0.1, 0.15) is 0 Å². The average molecular weight is 328 g/mol. The molecule has 24 heavy (non-hydrogen) atoms.